The average Bonchev–Trinajstić information content (AvgIpc) is 2.72. The summed E-state index contributed by atoms with van der Waals surface area (Å²) >= 11 is 5.34. The summed E-state index contributed by atoms with van der Waals surface area (Å²) in [4.78, 5) is 24.2. The molecule has 0 saturated heterocycles. The van der Waals surface area contributed by atoms with E-state index in [1.807, 2.05) is 30.3 Å². The molecule has 2 aromatic carbocycles. The van der Waals surface area contributed by atoms with Crippen LogP contribution in [0.2, 0.25) is 0 Å². The lowest BCUT2D eigenvalue weighted by atomic mass is 9.92. The summed E-state index contributed by atoms with van der Waals surface area (Å²) in [5, 5.41) is 6.56. The van der Waals surface area contributed by atoms with Crippen molar-refractivity contribution in [1.82, 2.24) is 10.6 Å². The summed E-state index contributed by atoms with van der Waals surface area (Å²) in [6.45, 7) is 0. The lowest BCUT2D eigenvalue weighted by Crippen LogP contribution is -2.45. The van der Waals surface area contributed by atoms with Gasteiger partial charge in [0.25, 0.3) is 0 Å². The Morgan fingerprint density at radius 2 is 1.56 bits per heavy atom. The Labute approximate surface area is 162 Å². The highest BCUT2D eigenvalue weighted by Gasteiger charge is 2.32. The maximum absolute atomic E-state index is 12.6. The van der Waals surface area contributed by atoms with Crippen LogP contribution in [0.5, 0.6) is 0 Å². The van der Waals surface area contributed by atoms with Gasteiger partial charge in [0.1, 0.15) is 0 Å². The molecular formula is C20H18N2O4S. The number of ether oxygens (including phenoxy) is 2. The quantitative estimate of drug-likeness (QED) is 0.622. The Kier molecular flexibility index (Phi) is 5.52. The fourth-order valence-corrected chi connectivity index (χ4v) is 3.13. The van der Waals surface area contributed by atoms with Gasteiger partial charge in [0, 0.05) is 0 Å². The minimum atomic E-state index is -0.520. The number of esters is 2. The summed E-state index contributed by atoms with van der Waals surface area (Å²) in [5.41, 5.74) is 3.00. The van der Waals surface area contributed by atoms with E-state index in [1.165, 1.54) is 14.2 Å². The number of hydrogen-bond acceptors (Lipinski definition) is 5. The fraction of sp³-hybridized carbons (Fsp3) is 0.150. The number of benzene rings is 2. The zero-order valence-electron chi connectivity index (χ0n) is 14.8. The number of carbonyl (C=O) groups is 2. The molecule has 0 fully saturated rings. The molecule has 3 rings (SSSR count). The average molecular weight is 382 g/mol. The van der Waals surface area contributed by atoms with Crippen molar-refractivity contribution in [3.63, 3.8) is 0 Å². The van der Waals surface area contributed by atoms with Crippen LogP contribution in [-0.2, 0) is 14.3 Å². The highest BCUT2D eigenvalue weighted by atomic mass is 32.1. The van der Waals surface area contributed by atoms with Crippen molar-refractivity contribution in [2.24, 2.45) is 0 Å². The van der Waals surface area contributed by atoms with E-state index in [0.717, 1.165) is 11.1 Å². The van der Waals surface area contributed by atoms with Crippen molar-refractivity contribution in [3.8, 4) is 0 Å². The van der Waals surface area contributed by atoms with Gasteiger partial charge in [0.05, 0.1) is 37.1 Å². The first kappa shape index (κ1) is 18.6. The molecule has 6 nitrogen and oxygen atoms in total. The minimum Gasteiger partial charge on any atom is -0.466 e. The Hall–Kier alpha value is -3.19. The van der Waals surface area contributed by atoms with E-state index < -0.39 is 18.0 Å². The molecular weight excluding hydrogens is 364 g/mol. The Morgan fingerprint density at radius 1 is 0.926 bits per heavy atom. The first-order valence-corrected chi connectivity index (χ1v) is 8.59. The Balaban J connectivity index is 2.10. The second-order valence-electron chi connectivity index (χ2n) is 5.79. The van der Waals surface area contributed by atoms with Crippen LogP contribution in [-0.4, -0.2) is 31.3 Å². The zero-order valence-corrected chi connectivity index (χ0v) is 15.6. The van der Waals surface area contributed by atoms with E-state index in [-0.39, 0.29) is 0 Å². The predicted molar refractivity (Wildman–Crippen MR) is 105 cm³/mol. The zero-order chi connectivity index (χ0) is 19.4. The van der Waals surface area contributed by atoms with Gasteiger partial charge >= 0.3 is 11.9 Å². The molecule has 0 bridgehead atoms. The maximum atomic E-state index is 12.6. The van der Waals surface area contributed by atoms with Crippen LogP contribution in [0.4, 0.5) is 0 Å². The van der Waals surface area contributed by atoms with Crippen LogP contribution in [0.15, 0.2) is 60.2 Å². The first-order valence-electron chi connectivity index (χ1n) is 8.19. The summed E-state index contributed by atoms with van der Waals surface area (Å²) in [5.74, 6) is -0.901. The second-order valence-corrected chi connectivity index (χ2v) is 6.20. The van der Waals surface area contributed by atoms with Gasteiger partial charge in [-0.1, -0.05) is 42.5 Å². The molecule has 0 amide bonds. The highest BCUT2D eigenvalue weighted by Crippen LogP contribution is 2.32. The van der Waals surface area contributed by atoms with Gasteiger partial charge in [-0.15, -0.1) is 0 Å². The normalized spacial score (nSPS) is 16.2. The van der Waals surface area contributed by atoms with Crippen LogP contribution >= 0.6 is 12.2 Å². The largest absolute Gasteiger partial charge is 0.466 e. The number of hydrogen-bond donors (Lipinski definition) is 2. The van der Waals surface area contributed by atoms with Crippen molar-refractivity contribution >= 4 is 35.0 Å². The van der Waals surface area contributed by atoms with Gasteiger partial charge < -0.3 is 20.1 Å². The van der Waals surface area contributed by atoms with Crippen LogP contribution in [0.3, 0.4) is 0 Å². The third kappa shape index (κ3) is 3.83. The van der Waals surface area contributed by atoms with Gasteiger partial charge in [-0.25, -0.2) is 9.59 Å². The molecule has 0 unspecified atom stereocenters. The molecule has 1 aliphatic rings. The van der Waals surface area contributed by atoms with Crippen molar-refractivity contribution in [2.45, 2.75) is 6.04 Å². The number of methoxy groups -OCH3 is 2. The lowest BCUT2D eigenvalue weighted by Gasteiger charge is -2.31. The molecule has 0 radical (unpaired) electrons. The van der Waals surface area contributed by atoms with Gasteiger partial charge in [-0.05, 0) is 35.5 Å². The number of thiocarbonyl (C=S) groups is 1. The van der Waals surface area contributed by atoms with Gasteiger partial charge in [0.15, 0.2) is 5.11 Å². The third-order valence-electron chi connectivity index (χ3n) is 4.20. The molecule has 1 atom stereocenters. The molecule has 27 heavy (non-hydrogen) atoms. The van der Waals surface area contributed by atoms with E-state index in [1.54, 1.807) is 24.3 Å². The van der Waals surface area contributed by atoms with E-state index >= 15 is 0 Å². The molecule has 138 valence electrons. The summed E-state index contributed by atoms with van der Waals surface area (Å²) < 4.78 is 9.74. The van der Waals surface area contributed by atoms with Crippen LogP contribution in [0.25, 0.3) is 5.70 Å². The van der Waals surface area contributed by atoms with E-state index in [4.69, 9.17) is 21.7 Å². The number of rotatable bonds is 4. The Morgan fingerprint density at radius 3 is 2.15 bits per heavy atom. The topological polar surface area (TPSA) is 76.7 Å². The highest BCUT2D eigenvalue weighted by molar-refractivity contribution is 7.80. The second kappa shape index (κ2) is 8.01. The van der Waals surface area contributed by atoms with E-state index in [9.17, 15) is 9.59 Å². The summed E-state index contributed by atoms with van der Waals surface area (Å²) in [7, 11) is 2.66. The summed E-state index contributed by atoms with van der Waals surface area (Å²) in [6.07, 6.45) is 0. The molecule has 0 aromatic heterocycles. The molecule has 0 aliphatic carbocycles. The smallest absolute Gasteiger partial charge is 0.338 e. The molecule has 2 N–H and O–H groups in total. The number of carbonyl (C=O) groups excluding carboxylic acids is 2. The standard InChI is InChI=1S/C20H18N2O4S/c1-25-18(23)14-10-8-13(9-11-14)17-15(19(24)26-2)16(21-20(27)22-17)12-6-4-3-5-7-12/h3-11,17H,1-2H3,(H2,21,22,27)/t17-/m0/s1. The minimum absolute atomic E-state index is 0.392. The van der Waals surface area contributed by atoms with E-state index in [2.05, 4.69) is 10.6 Å². The van der Waals surface area contributed by atoms with Crippen molar-refractivity contribution in [3.05, 3.63) is 76.9 Å². The van der Waals surface area contributed by atoms with Crippen LogP contribution in [0, 0.1) is 0 Å². The molecule has 7 heteroatoms. The molecule has 1 aliphatic heterocycles. The molecule has 0 saturated carbocycles. The number of nitrogens with one attached hydrogen (secondary N) is 2. The van der Waals surface area contributed by atoms with Gasteiger partial charge in [-0.2, -0.15) is 0 Å². The van der Waals surface area contributed by atoms with Crippen molar-refractivity contribution < 1.29 is 19.1 Å². The maximum Gasteiger partial charge on any atom is 0.338 e. The Bertz CT molecular complexity index is 907. The molecule has 0 spiro atoms. The SMILES string of the molecule is COC(=O)C1=C(c2ccccc2)NC(=S)N[C@H]1c1ccc(C(=O)OC)cc1. The lowest BCUT2D eigenvalue weighted by molar-refractivity contribution is -0.136. The van der Waals surface area contributed by atoms with Gasteiger partial charge in [0.2, 0.25) is 0 Å². The monoisotopic (exact) mass is 382 g/mol. The van der Waals surface area contributed by atoms with Crippen LogP contribution in [0.1, 0.15) is 27.5 Å². The van der Waals surface area contributed by atoms with E-state index in [0.29, 0.717) is 21.9 Å². The molecule has 2 aromatic rings. The first-order chi connectivity index (χ1) is 13.0. The predicted octanol–water partition coefficient (Wildman–Crippen LogP) is 2.58. The van der Waals surface area contributed by atoms with Crippen molar-refractivity contribution in [2.75, 3.05) is 14.2 Å². The molecule has 1 heterocycles. The van der Waals surface area contributed by atoms with Gasteiger partial charge in [-0.3, -0.25) is 0 Å². The van der Waals surface area contributed by atoms with Crippen LogP contribution < -0.4 is 10.6 Å². The fourth-order valence-electron chi connectivity index (χ4n) is 2.91. The summed E-state index contributed by atoms with van der Waals surface area (Å²) in [6, 6.07) is 15.7. The third-order valence-corrected chi connectivity index (χ3v) is 4.42. The van der Waals surface area contributed by atoms with Crippen molar-refractivity contribution in [1.29, 1.82) is 0 Å².